The van der Waals surface area contributed by atoms with Crippen LogP contribution in [-0.2, 0) is 32.7 Å². The number of benzene rings is 17. The third-order valence-corrected chi connectivity index (χ3v) is 19.0. The van der Waals surface area contributed by atoms with E-state index in [2.05, 4.69) is 391 Å². The Labute approximate surface area is 659 Å². The topological polar surface area (TPSA) is 18.5 Å². The van der Waals surface area contributed by atoms with E-state index in [9.17, 15) is 0 Å². The molecule has 1 N–H and O–H groups in total. The van der Waals surface area contributed by atoms with Gasteiger partial charge in [-0.2, -0.15) is 0 Å². The minimum atomic E-state index is 0. The molecule has 0 aliphatic heterocycles. The SMILES string of the molecule is C.C.Clc1ccc(-c2ccc3ccccc3c2-c2ccc(Cl)cc2)cc1.[Y].c1ccc(-c2ccc(N(c3ccccc3)c3ccc(-c4ccc5ccccc5c4-c4ccc(N(c5ccccc5)c5ccc(-c6ccccc6)cc5)cc4)cc3)cc2)cc1.c1ccc(Nc2ccc(-c3ccccc3)cc2)cc1. The summed E-state index contributed by atoms with van der Waals surface area (Å²) in [5, 5.41) is 9.77. The van der Waals surface area contributed by atoms with Gasteiger partial charge in [0.1, 0.15) is 0 Å². The number of hydrogen-bond acceptors (Lipinski definition) is 3. The maximum Gasteiger partial charge on any atom is 0.0462 e. The monoisotopic (exact) mass is 1480 g/mol. The minimum absolute atomic E-state index is 0. The van der Waals surface area contributed by atoms with E-state index in [4.69, 9.17) is 23.2 Å². The van der Waals surface area contributed by atoms with Crippen molar-refractivity contribution in [3.63, 3.8) is 0 Å². The van der Waals surface area contributed by atoms with E-state index in [0.29, 0.717) is 0 Å². The summed E-state index contributed by atoms with van der Waals surface area (Å²) in [6.07, 6.45) is 0. The standard InChI is InChI=1S/C58H42N2.C22H14Cl2.C18H15N.2CH4.Y/c1-5-15-43(16-6-1)45-25-34-52(35-26-45)59(50-20-9-3-10-21-50)54-38-29-48(30-39-54)57-42-33-47-19-13-14-24-56(47)58(57)49-31-40-55(41-32-49)60(51-22-11-4-12-23-51)53-36-27-46(28-37-53)44-17-7-2-8-18-44;23-18-10-5-16(6-11-18)21-14-9-15-3-1-2-4-20(15)22(21)17-7-12-19(24)13-8-17;1-3-7-15(8-4-1)16-11-13-18(14-12-16)19-17-9-5-2-6-10-17;;;/h1-42H;1-14H;1-14,19H;2*1H4;. The summed E-state index contributed by atoms with van der Waals surface area (Å²) in [6.45, 7) is 0. The van der Waals surface area contributed by atoms with E-state index in [0.717, 1.165) is 66.7 Å². The Morgan fingerprint density at radius 3 is 0.774 bits per heavy atom. The van der Waals surface area contributed by atoms with E-state index < -0.39 is 0 Å². The quantitative estimate of drug-likeness (QED) is 0.110. The molecule has 0 fully saturated rings. The number of halogens is 2. The van der Waals surface area contributed by atoms with Gasteiger partial charge in [0, 0.05) is 88.3 Å². The number of para-hydroxylation sites is 3. The van der Waals surface area contributed by atoms with Crippen molar-refractivity contribution >= 4 is 90.2 Å². The van der Waals surface area contributed by atoms with Crippen LogP contribution in [0.25, 0.3) is 99.4 Å². The first-order valence-corrected chi connectivity index (χ1v) is 35.4. The number of nitrogens with zero attached hydrogens (tertiary/aromatic N) is 2. The Hall–Kier alpha value is -11.7. The van der Waals surface area contributed by atoms with Crippen LogP contribution in [0.5, 0.6) is 0 Å². The summed E-state index contributed by atoms with van der Waals surface area (Å²) in [4.78, 5) is 4.65. The molecule has 0 saturated carbocycles. The van der Waals surface area contributed by atoms with Crippen molar-refractivity contribution in [3.05, 3.63) is 435 Å². The number of fused-ring (bicyclic) bond motifs is 2. The van der Waals surface area contributed by atoms with Crippen molar-refractivity contribution in [2.75, 3.05) is 15.1 Å². The summed E-state index contributed by atoms with van der Waals surface area (Å²) in [5.74, 6) is 0. The molecule has 17 rings (SSSR count). The maximum atomic E-state index is 6.08. The van der Waals surface area contributed by atoms with Crippen molar-refractivity contribution in [1.82, 2.24) is 0 Å². The summed E-state index contributed by atoms with van der Waals surface area (Å²) >= 11 is 12.1. The van der Waals surface area contributed by atoms with Crippen LogP contribution >= 0.6 is 23.2 Å². The first-order chi connectivity index (χ1) is 50.9. The summed E-state index contributed by atoms with van der Waals surface area (Å²) in [6, 6.07) is 149. The van der Waals surface area contributed by atoms with E-state index >= 15 is 0 Å². The van der Waals surface area contributed by atoms with Crippen LogP contribution < -0.4 is 15.1 Å². The van der Waals surface area contributed by atoms with Crippen molar-refractivity contribution in [2.24, 2.45) is 0 Å². The molecule has 0 heterocycles. The predicted molar refractivity (Wildman–Crippen MR) is 455 cm³/mol. The van der Waals surface area contributed by atoms with Gasteiger partial charge in [-0.05, 0) is 221 Å². The van der Waals surface area contributed by atoms with Crippen LogP contribution in [0.15, 0.2) is 425 Å². The van der Waals surface area contributed by atoms with Gasteiger partial charge in [0.25, 0.3) is 0 Å². The average molecular weight is 1480 g/mol. The van der Waals surface area contributed by atoms with Crippen LogP contribution in [0, 0.1) is 0 Å². The largest absolute Gasteiger partial charge is 0.356 e. The molecule has 0 atom stereocenters. The van der Waals surface area contributed by atoms with Gasteiger partial charge in [-0.3, -0.25) is 0 Å². The van der Waals surface area contributed by atoms with Crippen LogP contribution in [0.1, 0.15) is 14.9 Å². The number of anilines is 8. The second-order valence-corrected chi connectivity index (χ2v) is 26.0. The molecule has 6 heteroatoms. The van der Waals surface area contributed by atoms with Gasteiger partial charge in [0.15, 0.2) is 0 Å². The Bertz CT molecular complexity index is 5580. The Morgan fingerprint density at radius 2 is 0.425 bits per heavy atom. The molecule has 0 aromatic heterocycles. The van der Waals surface area contributed by atoms with Crippen LogP contribution in [-0.4, -0.2) is 0 Å². The second-order valence-electron chi connectivity index (χ2n) is 25.1. The van der Waals surface area contributed by atoms with Crippen LogP contribution in [0.4, 0.5) is 45.5 Å². The second kappa shape index (κ2) is 35.7. The third kappa shape index (κ3) is 17.4. The van der Waals surface area contributed by atoms with E-state index in [1.165, 1.54) is 88.3 Å². The predicted octanol–water partition coefficient (Wildman–Crippen LogP) is 30.3. The van der Waals surface area contributed by atoms with E-state index in [1.807, 2.05) is 48.5 Å². The molecule has 0 aliphatic rings. The first kappa shape index (κ1) is 74.1. The molecule has 106 heavy (non-hydrogen) atoms. The molecule has 1 radical (unpaired) electrons. The maximum absolute atomic E-state index is 6.08. The fraction of sp³-hybridized carbons (Fsp3) is 0.0200. The van der Waals surface area contributed by atoms with Gasteiger partial charge >= 0.3 is 0 Å². The molecular formula is C100H79Cl2N3Y. The van der Waals surface area contributed by atoms with Crippen LogP contribution in [0.3, 0.4) is 0 Å². The zero-order valence-corrected chi connectivity index (χ0v) is 61.5. The molecule has 3 nitrogen and oxygen atoms in total. The van der Waals surface area contributed by atoms with E-state index in [-0.39, 0.29) is 47.6 Å². The van der Waals surface area contributed by atoms with Gasteiger partial charge in [0.05, 0.1) is 0 Å². The molecule has 17 aromatic rings. The normalized spacial score (nSPS) is 10.5. The first-order valence-electron chi connectivity index (χ1n) is 34.7. The Balaban J connectivity index is 0.000000186. The van der Waals surface area contributed by atoms with Crippen molar-refractivity contribution in [3.8, 4) is 77.9 Å². The fourth-order valence-electron chi connectivity index (χ4n) is 13.4. The van der Waals surface area contributed by atoms with E-state index in [1.54, 1.807) is 0 Å². The minimum Gasteiger partial charge on any atom is -0.356 e. The van der Waals surface area contributed by atoms with Crippen molar-refractivity contribution in [2.45, 2.75) is 14.9 Å². The van der Waals surface area contributed by atoms with Crippen molar-refractivity contribution in [1.29, 1.82) is 0 Å². The molecule has 0 spiro atoms. The van der Waals surface area contributed by atoms with Gasteiger partial charge in [-0.1, -0.05) is 341 Å². The number of rotatable bonds is 15. The Morgan fingerprint density at radius 1 is 0.189 bits per heavy atom. The Kier molecular flexibility index (Phi) is 24.9. The number of hydrogen-bond donors (Lipinski definition) is 1. The number of nitrogens with one attached hydrogen (secondary N) is 1. The van der Waals surface area contributed by atoms with Crippen molar-refractivity contribution < 1.29 is 32.7 Å². The molecule has 0 aliphatic carbocycles. The van der Waals surface area contributed by atoms with Gasteiger partial charge in [-0.25, -0.2) is 0 Å². The smallest absolute Gasteiger partial charge is 0.0462 e. The summed E-state index contributed by atoms with van der Waals surface area (Å²) < 4.78 is 0. The molecule has 0 saturated heterocycles. The molecule has 17 aromatic carbocycles. The fourth-order valence-corrected chi connectivity index (χ4v) is 13.7. The van der Waals surface area contributed by atoms with Gasteiger partial charge < -0.3 is 15.1 Å². The van der Waals surface area contributed by atoms with Gasteiger partial charge in [0.2, 0.25) is 0 Å². The zero-order valence-electron chi connectivity index (χ0n) is 57.1. The van der Waals surface area contributed by atoms with Crippen LogP contribution in [0.2, 0.25) is 10.0 Å². The third-order valence-electron chi connectivity index (χ3n) is 18.5. The average Bonchev–Trinajstić information content (AvgIpc) is 0.771. The molecular weight excluding hydrogens is 1400 g/mol. The summed E-state index contributed by atoms with van der Waals surface area (Å²) in [5.41, 5.74) is 25.6. The van der Waals surface area contributed by atoms with Gasteiger partial charge in [-0.15, -0.1) is 0 Å². The molecule has 511 valence electrons. The molecule has 0 amide bonds. The summed E-state index contributed by atoms with van der Waals surface area (Å²) in [7, 11) is 0. The molecule has 0 bridgehead atoms. The zero-order chi connectivity index (χ0) is 69.5. The molecule has 0 unspecified atom stereocenters.